The Morgan fingerprint density at radius 2 is 1.78 bits per heavy atom. The van der Waals surface area contributed by atoms with E-state index in [2.05, 4.69) is 33.5 Å². The van der Waals surface area contributed by atoms with Gasteiger partial charge >= 0.3 is 24.3 Å². The van der Waals surface area contributed by atoms with Crippen molar-refractivity contribution in [3.05, 3.63) is 52.5 Å². The first-order valence-corrected chi connectivity index (χ1v) is 11.6. The molecule has 0 aliphatic carbocycles. The van der Waals surface area contributed by atoms with Crippen molar-refractivity contribution in [2.75, 3.05) is 19.7 Å². The fourth-order valence-electron chi connectivity index (χ4n) is 3.58. The zero-order chi connectivity index (χ0) is 27.7. The number of alkyl halides is 6. The number of nitrogens with zero attached hydrogens (tertiary/aromatic N) is 2. The number of carboxylic acid groups (broad SMARTS) is 2. The van der Waals surface area contributed by atoms with Gasteiger partial charge in [0.15, 0.2) is 0 Å². The van der Waals surface area contributed by atoms with Crippen molar-refractivity contribution in [1.29, 1.82) is 0 Å². The largest absolute Gasteiger partial charge is 0.490 e. The first kappa shape index (κ1) is 30.5. The molecule has 2 aromatic rings. The summed E-state index contributed by atoms with van der Waals surface area (Å²) in [6.45, 7) is 4.53. The standard InChI is InChI=1S/C18H22N2O2S.2C2HF3O2/c1-3-15(10-19-6-1)12-21-16-9-18(22-13-16)5-7-20(14-18)11-17-4-2-8-23-17;2*3-2(4,5)1(6)7/h1-4,6,8,10,16H,5,7,9,11-14H2;2*(H,6,7)/t16-,18+;;/m1../s1. The Bertz CT molecular complexity index is 966. The third kappa shape index (κ3) is 10.6. The Hall–Kier alpha value is -2.75. The summed E-state index contributed by atoms with van der Waals surface area (Å²) in [6.07, 6.45) is -4.18. The third-order valence-corrected chi connectivity index (χ3v) is 6.08. The van der Waals surface area contributed by atoms with Crippen molar-refractivity contribution < 1.29 is 55.6 Å². The monoisotopic (exact) mass is 558 g/mol. The third-order valence-electron chi connectivity index (χ3n) is 5.22. The van der Waals surface area contributed by atoms with E-state index in [0.717, 1.165) is 38.0 Å². The van der Waals surface area contributed by atoms with Crippen molar-refractivity contribution in [3.63, 3.8) is 0 Å². The molecule has 2 aliphatic rings. The number of likely N-dealkylation sites (tertiary alicyclic amines) is 1. The van der Waals surface area contributed by atoms with Crippen LogP contribution in [0.25, 0.3) is 0 Å². The summed E-state index contributed by atoms with van der Waals surface area (Å²) in [6, 6.07) is 8.34. The highest BCUT2D eigenvalue weighted by atomic mass is 32.1. The van der Waals surface area contributed by atoms with E-state index in [1.165, 1.54) is 4.88 Å². The van der Waals surface area contributed by atoms with Gasteiger partial charge in [0.1, 0.15) is 0 Å². The van der Waals surface area contributed by atoms with Crippen LogP contribution in [0.15, 0.2) is 42.0 Å². The van der Waals surface area contributed by atoms with E-state index < -0.39 is 24.3 Å². The van der Waals surface area contributed by atoms with E-state index in [9.17, 15) is 26.3 Å². The molecule has 2 fully saturated rings. The summed E-state index contributed by atoms with van der Waals surface area (Å²) in [5.41, 5.74) is 1.14. The van der Waals surface area contributed by atoms with Gasteiger partial charge in [-0.25, -0.2) is 9.59 Å². The highest BCUT2D eigenvalue weighted by Crippen LogP contribution is 2.37. The fraction of sp³-hybridized carbons (Fsp3) is 0.500. The van der Waals surface area contributed by atoms with E-state index in [4.69, 9.17) is 29.3 Å². The molecule has 2 aromatic heterocycles. The molecule has 0 saturated carbocycles. The number of carbonyl (C=O) groups is 2. The predicted octanol–water partition coefficient (Wildman–Crippen LogP) is 4.36. The number of carboxylic acids is 2. The lowest BCUT2D eigenvalue weighted by Gasteiger charge is -2.23. The van der Waals surface area contributed by atoms with Gasteiger partial charge < -0.3 is 19.7 Å². The Morgan fingerprint density at radius 3 is 2.30 bits per heavy atom. The van der Waals surface area contributed by atoms with Crippen molar-refractivity contribution in [1.82, 2.24) is 9.88 Å². The molecule has 2 aliphatic heterocycles. The predicted molar refractivity (Wildman–Crippen MR) is 118 cm³/mol. The van der Waals surface area contributed by atoms with Crippen LogP contribution >= 0.6 is 11.3 Å². The molecule has 37 heavy (non-hydrogen) atoms. The number of rotatable bonds is 5. The molecular formula is C22H24F6N2O6S. The molecule has 4 heterocycles. The van der Waals surface area contributed by atoms with E-state index >= 15 is 0 Å². The van der Waals surface area contributed by atoms with Gasteiger partial charge in [-0.15, -0.1) is 11.3 Å². The minimum absolute atomic E-state index is 0.0108. The van der Waals surface area contributed by atoms with E-state index in [-0.39, 0.29) is 11.7 Å². The van der Waals surface area contributed by atoms with Crippen LogP contribution in [0.4, 0.5) is 26.3 Å². The van der Waals surface area contributed by atoms with Gasteiger partial charge in [0.05, 0.1) is 24.9 Å². The number of thiophene rings is 1. The molecule has 2 N–H and O–H groups in total. The van der Waals surface area contributed by atoms with Crippen LogP contribution in [0.2, 0.25) is 0 Å². The van der Waals surface area contributed by atoms with Gasteiger partial charge in [-0.05, 0) is 29.5 Å². The summed E-state index contributed by atoms with van der Waals surface area (Å²) >= 11 is 1.83. The van der Waals surface area contributed by atoms with Gasteiger partial charge in [0.25, 0.3) is 0 Å². The summed E-state index contributed by atoms with van der Waals surface area (Å²) in [4.78, 5) is 25.9. The molecule has 206 valence electrons. The number of hydrogen-bond donors (Lipinski definition) is 2. The SMILES string of the molecule is O=C(O)C(F)(F)F.O=C(O)C(F)(F)F.c1cncc(CO[C@H]2CO[C@@]3(CCN(Cc4cccs4)C3)C2)c1. The van der Waals surface area contributed by atoms with Gasteiger partial charge in [-0.2, -0.15) is 26.3 Å². The first-order valence-electron chi connectivity index (χ1n) is 10.7. The minimum atomic E-state index is -5.08. The van der Waals surface area contributed by atoms with Gasteiger partial charge in [-0.1, -0.05) is 12.1 Å². The topological polar surface area (TPSA) is 109 Å². The van der Waals surface area contributed by atoms with Crippen LogP contribution in [-0.4, -0.2) is 75.8 Å². The van der Waals surface area contributed by atoms with Gasteiger partial charge in [-0.3, -0.25) is 9.88 Å². The summed E-state index contributed by atoms with van der Waals surface area (Å²) in [7, 11) is 0. The number of halogens is 6. The second-order valence-electron chi connectivity index (χ2n) is 8.14. The highest BCUT2D eigenvalue weighted by Gasteiger charge is 2.46. The second-order valence-corrected chi connectivity index (χ2v) is 9.17. The molecule has 0 aromatic carbocycles. The molecule has 15 heteroatoms. The van der Waals surface area contributed by atoms with Gasteiger partial charge in [0, 0.05) is 43.3 Å². The van der Waals surface area contributed by atoms with Gasteiger partial charge in [0.2, 0.25) is 0 Å². The molecule has 1 spiro atoms. The van der Waals surface area contributed by atoms with E-state index in [0.29, 0.717) is 13.2 Å². The average molecular weight is 558 g/mol. The lowest BCUT2D eigenvalue weighted by Crippen LogP contribution is -2.32. The number of pyridine rings is 1. The first-order chi connectivity index (χ1) is 17.2. The van der Waals surface area contributed by atoms with Crippen LogP contribution in [0.5, 0.6) is 0 Å². The smallest absolute Gasteiger partial charge is 0.475 e. The zero-order valence-corrected chi connectivity index (χ0v) is 20.0. The lowest BCUT2D eigenvalue weighted by atomic mass is 9.98. The number of aliphatic carboxylic acids is 2. The van der Waals surface area contributed by atoms with Crippen LogP contribution in [-0.2, 0) is 32.2 Å². The zero-order valence-electron chi connectivity index (χ0n) is 19.2. The maximum absolute atomic E-state index is 10.6. The summed E-state index contributed by atoms with van der Waals surface area (Å²) < 4.78 is 75.7. The number of hydrogen-bond acceptors (Lipinski definition) is 7. The Morgan fingerprint density at radius 1 is 1.14 bits per heavy atom. The lowest BCUT2D eigenvalue weighted by molar-refractivity contribution is -0.193. The molecule has 4 rings (SSSR count). The van der Waals surface area contributed by atoms with Crippen molar-refractivity contribution in [3.8, 4) is 0 Å². The maximum atomic E-state index is 10.6. The van der Waals surface area contributed by atoms with Crippen LogP contribution in [0.3, 0.4) is 0 Å². The molecule has 0 unspecified atom stereocenters. The molecule has 8 nitrogen and oxygen atoms in total. The summed E-state index contributed by atoms with van der Waals surface area (Å²) in [5, 5.41) is 16.4. The summed E-state index contributed by atoms with van der Waals surface area (Å²) in [5.74, 6) is -5.51. The van der Waals surface area contributed by atoms with E-state index in [1.54, 1.807) is 6.20 Å². The fourth-order valence-corrected chi connectivity index (χ4v) is 4.32. The Balaban J connectivity index is 0.000000286. The molecule has 0 amide bonds. The quantitative estimate of drug-likeness (QED) is 0.522. The van der Waals surface area contributed by atoms with Crippen LogP contribution in [0, 0.1) is 0 Å². The average Bonchev–Trinajstić information content (AvgIpc) is 3.56. The Labute approximate surface area is 211 Å². The number of ether oxygens (including phenoxy) is 2. The Kier molecular flexibility index (Phi) is 10.8. The second kappa shape index (κ2) is 13.2. The van der Waals surface area contributed by atoms with Crippen LogP contribution in [0.1, 0.15) is 23.3 Å². The molecule has 2 saturated heterocycles. The highest BCUT2D eigenvalue weighted by molar-refractivity contribution is 7.09. The molecule has 2 atom stereocenters. The normalized spacial score (nSPS) is 21.6. The van der Waals surface area contributed by atoms with Crippen molar-refractivity contribution in [2.45, 2.75) is 50.1 Å². The maximum Gasteiger partial charge on any atom is 0.490 e. The minimum Gasteiger partial charge on any atom is -0.475 e. The molecule has 0 bridgehead atoms. The molecule has 0 radical (unpaired) electrons. The molecular weight excluding hydrogens is 534 g/mol. The van der Waals surface area contributed by atoms with Crippen molar-refractivity contribution >= 4 is 23.3 Å². The van der Waals surface area contributed by atoms with Crippen molar-refractivity contribution in [2.24, 2.45) is 0 Å². The number of aromatic nitrogens is 1. The van der Waals surface area contributed by atoms with Crippen LogP contribution < -0.4 is 0 Å². The van der Waals surface area contributed by atoms with E-state index in [1.807, 2.05) is 23.6 Å².